The molecule has 0 aromatic rings. The number of hydrogen-bond donors (Lipinski definition) is 0. The van der Waals surface area contributed by atoms with Crippen LogP contribution in [0.25, 0.3) is 0 Å². The zero-order chi connectivity index (χ0) is 0. The van der Waals surface area contributed by atoms with Gasteiger partial charge in [0.15, 0.2) is 0 Å². The molecule has 0 aliphatic heterocycles. The third-order valence-corrected chi connectivity index (χ3v) is 0. The predicted octanol–water partition coefficient (Wildman–Crippen LogP) is -0.480. The third kappa shape index (κ3) is 71.9. The monoisotopic (exact) mass is 270 g/mol. The quantitative estimate of drug-likeness (QED) is 0.529. The van der Waals surface area contributed by atoms with Crippen LogP contribution >= 0.6 is 0 Å². The van der Waals surface area contributed by atoms with E-state index in [4.69, 9.17) is 0 Å². The molecule has 4 nitrogen and oxygen atoms in total. The summed E-state index contributed by atoms with van der Waals surface area (Å²) in [6, 6.07) is 0. The molecule has 0 aliphatic carbocycles. The Kier molecular flexibility index (Phi) is 4940. The van der Waals surface area contributed by atoms with Gasteiger partial charge in [0.1, 0.15) is 0 Å². The molecule has 0 saturated heterocycles. The first-order chi connectivity index (χ1) is 0. The van der Waals surface area contributed by atoms with Crippen molar-refractivity contribution in [1.29, 1.82) is 0 Å². The molecule has 0 aromatic carbocycles. The Bertz CT molecular complexity index is 5.51. The molecule has 2 radical (unpaired) electrons. The van der Waals surface area contributed by atoms with Crippen LogP contribution < -0.4 is 0 Å². The summed E-state index contributed by atoms with van der Waals surface area (Å²) in [5, 5.41) is 0. The summed E-state index contributed by atoms with van der Waals surface area (Å²) in [6.07, 6.45) is 0. The predicted molar refractivity (Wildman–Crippen MR) is 2.75 cm³/mol. The van der Waals surface area contributed by atoms with Crippen LogP contribution in [0.3, 0.4) is 0 Å². The number of rotatable bonds is 0. The fourth-order valence-corrected chi connectivity index (χ4v) is 0. The van der Waals surface area contributed by atoms with Gasteiger partial charge in [0.2, 0.25) is 0 Å². The molecule has 0 aliphatic rings. The minimum Gasteiger partial charge on any atom is -2.00 e. The number of hydrogen-bond acceptors (Lipinski definition) is 0. The first kappa shape index (κ1) is 222. The molecule has 0 aromatic heterocycles. The second kappa shape index (κ2) is 133. The minimum absolute atomic E-state index is 0. The van der Waals surface area contributed by atoms with Gasteiger partial charge >= 0.3 is 39.0 Å². The second-order valence-corrected chi connectivity index (χ2v) is 0. The first-order valence-electron chi connectivity index (χ1n) is 0. The van der Waals surface area contributed by atoms with Crippen LogP contribution in [0, 0.1) is 0 Å². The molecule has 42 valence electrons. The van der Waals surface area contributed by atoms with E-state index in [2.05, 4.69) is 0 Å². The van der Waals surface area contributed by atoms with Gasteiger partial charge in [-0.15, -0.1) is 0 Å². The van der Waals surface area contributed by atoms with E-state index in [0.29, 0.717) is 0 Å². The zero-order valence-electron chi connectivity index (χ0n) is 2.30. The van der Waals surface area contributed by atoms with Gasteiger partial charge in [-0.25, -0.2) is 0 Å². The average Bonchev–Trinajstić information content (AvgIpc) is 0. The molecule has 6 heavy (non-hydrogen) atoms. The fourth-order valence-electron chi connectivity index (χ4n) is 0. The Morgan fingerprint density at radius 1 is 0.333 bits per heavy atom. The normalized spacial score (nSPS) is 0. The Morgan fingerprint density at radius 2 is 0.333 bits per heavy atom. The fraction of sp³-hybridized carbons (Fsp3) is 0. The molecular weight excluding hydrogens is 270 g/mol. The van der Waals surface area contributed by atoms with Crippen molar-refractivity contribution in [3.63, 3.8) is 0 Å². The minimum atomic E-state index is 0. The summed E-state index contributed by atoms with van der Waals surface area (Å²) >= 11 is 0. The summed E-state index contributed by atoms with van der Waals surface area (Å²) in [5.74, 6) is 0. The van der Waals surface area contributed by atoms with Crippen LogP contribution in [0.2, 0.25) is 0 Å². The third-order valence-electron chi connectivity index (χ3n) is 0. The standard InChI is InChI=1S/4O.2Rh/q4*-2;2*+4. The van der Waals surface area contributed by atoms with Crippen LogP contribution in [0.4, 0.5) is 0 Å². The van der Waals surface area contributed by atoms with Gasteiger partial charge in [0.25, 0.3) is 0 Å². The van der Waals surface area contributed by atoms with Gasteiger partial charge in [-0.3, -0.25) is 0 Å². The second-order valence-electron chi connectivity index (χ2n) is 0. The van der Waals surface area contributed by atoms with Crippen molar-refractivity contribution < 1.29 is 60.9 Å². The summed E-state index contributed by atoms with van der Waals surface area (Å²) in [6.45, 7) is 0. The van der Waals surface area contributed by atoms with Crippen LogP contribution in [0.1, 0.15) is 0 Å². The van der Waals surface area contributed by atoms with E-state index in [1.165, 1.54) is 0 Å². The van der Waals surface area contributed by atoms with E-state index >= 15 is 0 Å². The summed E-state index contributed by atoms with van der Waals surface area (Å²) in [7, 11) is 0. The van der Waals surface area contributed by atoms with Crippen molar-refractivity contribution in [3.8, 4) is 0 Å². The van der Waals surface area contributed by atoms with Crippen LogP contribution in [0.5, 0.6) is 0 Å². The largest absolute Gasteiger partial charge is 4.00 e. The van der Waals surface area contributed by atoms with Crippen molar-refractivity contribution in [3.05, 3.63) is 0 Å². The molecule has 0 atom stereocenters. The van der Waals surface area contributed by atoms with Crippen LogP contribution in [-0.2, 0) is 60.9 Å². The molecule has 0 fully saturated rings. The van der Waals surface area contributed by atoms with E-state index < -0.39 is 0 Å². The molecule has 0 saturated carbocycles. The van der Waals surface area contributed by atoms with Gasteiger partial charge < -0.3 is 21.9 Å². The Hall–Kier alpha value is 1.09. The smallest absolute Gasteiger partial charge is 2.00 e. The average molecular weight is 270 g/mol. The van der Waals surface area contributed by atoms with Gasteiger partial charge in [0.05, 0.1) is 0 Å². The van der Waals surface area contributed by atoms with E-state index in [9.17, 15) is 0 Å². The topological polar surface area (TPSA) is 114 Å². The SMILES string of the molecule is [O-2].[O-2].[O-2].[O-2].[Rh+4].[Rh+4]. The Balaban J connectivity index is 0. The Morgan fingerprint density at radius 3 is 0.333 bits per heavy atom. The molecule has 0 heterocycles. The zero-order valence-corrected chi connectivity index (χ0v) is 5.58. The van der Waals surface area contributed by atoms with Gasteiger partial charge in [0, 0.05) is 0 Å². The van der Waals surface area contributed by atoms with Crippen molar-refractivity contribution >= 4 is 0 Å². The summed E-state index contributed by atoms with van der Waals surface area (Å²) < 4.78 is 0. The molecule has 6 heteroatoms. The maximum atomic E-state index is 0. The molecule has 0 amide bonds. The molecule has 0 unspecified atom stereocenters. The molecule has 0 N–H and O–H groups in total. The maximum Gasteiger partial charge on any atom is 4.00 e. The first-order valence-corrected chi connectivity index (χ1v) is 0. The van der Waals surface area contributed by atoms with Gasteiger partial charge in [-0.05, 0) is 0 Å². The van der Waals surface area contributed by atoms with Crippen molar-refractivity contribution in [2.45, 2.75) is 0 Å². The molecular formula is O4Rh2. The van der Waals surface area contributed by atoms with Gasteiger partial charge in [-0.2, -0.15) is 0 Å². The van der Waals surface area contributed by atoms with Crippen LogP contribution in [0.15, 0.2) is 0 Å². The van der Waals surface area contributed by atoms with E-state index in [0.717, 1.165) is 0 Å². The van der Waals surface area contributed by atoms with E-state index in [-0.39, 0.29) is 60.9 Å². The molecule has 0 rings (SSSR count). The Labute approximate surface area is 61.1 Å². The van der Waals surface area contributed by atoms with E-state index in [1.54, 1.807) is 0 Å². The van der Waals surface area contributed by atoms with Gasteiger partial charge in [-0.1, -0.05) is 0 Å². The summed E-state index contributed by atoms with van der Waals surface area (Å²) in [4.78, 5) is 0. The van der Waals surface area contributed by atoms with Crippen molar-refractivity contribution in [1.82, 2.24) is 0 Å². The van der Waals surface area contributed by atoms with E-state index in [1.807, 2.05) is 0 Å². The molecule has 0 bridgehead atoms. The van der Waals surface area contributed by atoms with Crippen LogP contribution in [-0.4, -0.2) is 0 Å². The maximum absolute atomic E-state index is 0. The molecule has 0 spiro atoms. The summed E-state index contributed by atoms with van der Waals surface area (Å²) in [5.41, 5.74) is 0. The van der Waals surface area contributed by atoms with Crippen molar-refractivity contribution in [2.75, 3.05) is 0 Å². The van der Waals surface area contributed by atoms with Crippen molar-refractivity contribution in [2.24, 2.45) is 0 Å².